The zero-order valence-corrected chi connectivity index (χ0v) is 10.6. The largest absolute Gasteiger partial charge is 0.281 e. The van der Waals surface area contributed by atoms with E-state index in [9.17, 15) is 4.79 Å². The number of halogens is 1. The van der Waals surface area contributed by atoms with E-state index in [-0.39, 0.29) is 11.2 Å². The second-order valence-electron chi connectivity index (χ2n) is 4.87. The zero-order chi connectivity index (χ0) is 11.1. The molecule has 0 unspecified atom stereocenters. The van der Waals surface area contributed by atoms with Gasteiger partial charge >= 0.3 is 0 Å². The molecule has 0 aliphatic heterocycles. The fourth-order valence-electron chi connectivity index (χ4n) is 2.54. The Hall–Kier alpha value is -0.0400. The molecule has 0 aromatic carbocycles. The highest BCUT2D eigenvalue weighted by molar-refractivity contribution is 6.63. The Bertz CT molecular complexity index is 183. The van der Waals surface area contributed by atoms with E-state index in [4.69, 9.17) is 11.6 Å². The molecule has 0 atom stereocenters. The summed E-state index contributed by atoms with van der Waals surface area (Å²) in [5.74, 6) is 1.03. The van der Waals surface area contributed by atoms with E-state index in [2.05, 4.69) is 6.92 Å². The molecule has 15 heavy (non-hydrogen) atoms. The Morgan fingerprint density at radius 2 is 1.80 bits per heavy atom. The summed E-state index contributed by atoms with van der Waals surface area (Å²) < 4.78 is 0. The van der Waals surface area contributed by atoms with Crippen LogP contribution in [-0.4, -0.2) is 5.24 Å². The standard InChI is InChI=1S/C13H23ClO/c1-2-3-4-5-6-11-7-9-12(10-8-11)13(14)15/h11-12H,2-10H2,1H3/t11-,12+. The van der Waals surface area contributed by atoms with Gasteiger partial charge in [0, 0.05) is 5.92 Å². The van der Waals surface area contributed by atoms with Crippen molar-refractivity contribution in [2.75, 3.05) is 0 Å². The minimum Gasteiger partial charge on any atom is -0.281 e. The molecule has 0 bridgehead atoms. The van der Waals surface area contributed by atoms with Crippen LogP contribution in [0.15, 0.2) is 0 Å². The van der Waals surface area contributed by atoms with Crippen molar-refractivity contribution in [3.8, 4) is 0 Å². The molecule has 1 nitrogen and oxygen atoms in total. The number of hydrogen-bond acceptors (Lipinski definition) is 1. The molecule has 0 saturated heterocycles. The van der Waals surface area contributed by atoms with Crippen molar-refractivity contribution in [3.05, 3.63) is 0 Å². The van der Waals surface area contributed by atoms with Gasteiger partial charge < -0.3 is 0 Å². The van der Waals surface area contributed by atoms with E-state index in [0.29, 0.717) is 0 Å². The molecule has 1 fully saturated rings. The Morgan fingerprint density at radius 3 is 2.33 bits per heavy atom. The van der Waals surface area contributed by atoms with Crippen LogP contribution in [0.25, 0.3) is 0 Å². The van der Waals surface area contributed by atoms with Gasteiger partial charge in [-0.25, -0.2) is 0 Å². The number of carbonyl (C=O) groups excluding carboxylic acids is 1. The van der Waals surface area contributed by atoms with Gasteiger partial charge in [-0.3, -0.25) is 4.79 Å². The highest BCUT2D eigenvalue weighted by atomic mass is 35.5. The van der Waals surface area contributed by atoms with E-state index in [0.717, 1.165) is 18.8 Å². The van der Waals surface area contributed by atoms with Crippen molar-refractivity contribution >= 4 is 16.8 Å². The fraction of sp³-hybridized carbons (Fsp3) is 0.923. The van der Waals surface area contributed by atoms with Gasteiger partial charge in [0.1, 0.15) is 0 Å². The molecule has 0 heterocycles. The van der Waals surface area contributed by atoms with Crippen molar-refractivity contribution in [3.63, 3.8) is 0 Å². The summed E-state index contributed by atoms with van der Waals surface area (Å²) in [4.78, 5) is 11.0. The van der Waals surface area contributed by atoms with E-state index < -0.39 is 0 Å². The number of hydrogen-bond donors (Lipinski definition) is 0. The van der Waals surface area contributed by atoms with E-state index in [1.54, 1.807) is 0 Å². The molecule has 0 spiro atoms. The highest BCUT2D eigenvalue weighted by Crippen LogP contribution is 2.33. The maximum absolute atomic E-state index is 11.0. The first-order valence-electron chi connectivity index (χ1n) is 6.43. The maximum Gasteiger partial charge on any atom is 0.224 e. The molecule has 1 aliphatic rings. The Labute approximate surface area is 98.6 Å². The Kier molecular flexibility index (Phi) is 6.31. The van der Waals surface area contributed by atoms with Crippen LogP contribution in [0.4, 0.5) is 0 Å². The molecule has 1 aliphatic carbocycles. The van der Waals surface area contributed by atoms with Gasteiger partial charge in [0.15, 0.2) is 0 Å². The highest BCUT2D eigenvalue weighted by Gasteiger charge is 2.24. The normalized spacial score (nSPS) is 26.5. The molecule has 2 heteroatoms. The van der Waals surface area contributed by atoms with E-state index in [1.807, 2.05) is 0 Å². The SMILES string of the molecule is CCCCCC[C@H]1CC[C@@H](C(=O)Cl)CC1. The van der Waals surface area contributed by atoms with Crippen LogP contribution >= 0.6 is 11.6 Å². The number of rotatable bonds is 6. The van der Waals surface area contributed by atoms with Gasteiger partial charge in [-0.05, 0) is 43.2 Å². The minimum absolute atomic E-state index is 0.112. The van der Waals surface area contributed by atoms with Crippen LogP contribution < -0.4 is 0 Å². The molecule has 0 aromatic heterocycles. The van der Waals surface area contributed by atoms with E-state index >= 15 is 0 Å². The predicted octanol–water partition coefficient (Wildman–Crippen LogP) is 4.53. The smallest absolute Gasteiger partial charge is 0.224 e. The molecule has 1 rings (SSSR count). The van der Waals surface area contributed by atoms with Crippen LogP contribution in [0.1, 0.15) is 64.7 Å². The summed E-state index contributed by atoms with van der Waals surface area (Å²) in [7, 11) is 0. The molecular weight excluding hydrogens is 208 g/mol. The first-order chi connectivity index (χ1) is 7.24. The first-order valence-corrected chi connectivity index (χ1v) is 6.81. The van der Waals surface area contributed by atoms with Crippen LogP contribution in [0.3, 0.4) is 0 Å². The summed E-state index contributed by atoms with van der Waals surface area (Å²) in [6.07, 6.45) is 11.3. The van der Waals surface area contributed by atoms with Crippen LogP contribution in [0.2, 0.25) is 0 Å². The number of unbranched alkanes of at least 4 members (excludes halogenated alkanes) is 3. The summed E-state index contributed by atoms with van der Waals surface area (Å²) in [6, 6.07) is 0. The summed E-state index contributed by atoms with van der Waals surface area (Å²) >= 11 is 5.51. The van der Waals surface area contributed by atoms with E-state index in [1.165, 1.54) is 44.9 Å². The second kappa shape index (κ2) is 7.27. The van der Waals surface area contributed by atoms with Crippen LogP contribution in [-0.2, 0) is 4.79 Å². The molecule has 0 aromatic rings. The van der Waals surface area contributed by atoms with Crippen LogP contribution in [0, 0.1) is 11.8 Å². The third-order valence-corrected chi connectivity index (χ3v) is 3.94. The van der Waals surface area contributed by atoms with Crippen molar-refractivity contribution in [2.45, 2.75) is 64.7 Å². The van der Waals surface area contributed by atoms with Gasteiger partial charge in [0.25, 0.3) is 0 Å². The fourth-order valence-corrected chi connectivity index (χ4v) is 2.76. The lowest BCUT2D eigenvalue weighted by atomic mass is 9.80. The first kappa shape index (κ1) is 13.0. The van der Waals surface area contributed by atoms with Crippen molar-refractivity contribution in [1.82, 2.24) is 0 Å². The van der Waals surface area contributed by atoms with Crippen molar-refractivity contribution in [1.29, 1.82) is 0 Å². The molecule has 0 N–H and O–H groups in total. The summed E-state index contributed by atoms with van der Waals surface area (Å²) in [6.45, 7) is 2.25. The average Bonchev–Trinajstić information content (AvgIpc) is 2.25. The van der Waals surface area contributed by atoms with Crippen molar-refractivity contribution < 1.29 is 4.79 Å². The second-order valence-corrected chi connectivity index (χ2v) is 5.24. The Balaban J connectivity index is 2.07. The number of carbonyl (C=O) groups is 1. The predicted molar refractivity (Wildman–Crippen MR) is 65.1 cm³/mol. The molecule has 0 amide bonds. The summed E-state index contributed by atoms with van der Waals surface area (Å²) in [5.41, 5.74) is 0. The van der Waals surface area contributed by atoms with Gasteiger partial charge in [-0.2, -0.15) is 0 Å². The summed E-state index contributed by atoms with van der Waals surface area (Å²) in [5, 5.41) is -0.112. The van der Waals surface area contributed by atoms with Crippen LogP contribution in [0.5, 0.6) is 0 Å². The topological polar surface area (TPSA) is 17.1 Å². The zero-order valence-electron chi connectivity index (χ0n) is 9.80. The molecule has 88 valence electrons. The molecular formula is C13H23ClO. The maximum atomic E-state index is 11.0. The lowest BCUT2D eigenvalue weighted by Gasteiger charge is -2.26. The van der Waals surface area contributed by atoms with Crippen molar-refractivity contribution in [2.24, 2.45) is 11.8 Å². The lowest BCUT2D eigenvalue weighted by molar-refractivity contribution is -0.116. The quantitative estimate of drug-likeness (QED) is 0.484. The van der Waals surface area contributed by atoms with Gasteiger partial charge in [-0.15, -0.1) is 0 Å². The lowest BCUT2D eigenvalue weighted by Crippen LogP contribution is -2.18. The van der Waals surface area contributed by atoms with Gasteiger partial charge in [-0.1, -0.05) is 39.0 Å². The molecule has 1 saturated carbocycles. The van der Waals surface area contributed by atoms with Gasteiger partial charge in [0.05, 0.1) is 0 Å². The average molecular weight is 231 g/mol. The van der Waals surface area contributed by atoms with Gasteiger partial charge in [0.2, 0.25) is 5.24 Å². The monoisotopic (exact) mass is 230 g/mol. The molecule has 0 radical (unpaired) electrons. The third kappa shape index (κ3) is 5.01. The minimum atomic E-state index is -0.112. The Morgan fingerprint density at radius 1 is 1.13 bits per heavy atom. The third-order valence-electron chi connectivity index (χ3n) is 3.63.